The van der Waals surface area contributed by atoms with Gasteiger partial charge in [-0.15, -0.1) is 0 Å². The monoisotopic (exact) mass is 338 g/mol. The molecule has 4 heteroatoms. The average Bonchev–Trinajstić information content (AvgIpc) is 2.58. The maximum absolute atomic E-state index is 11.9. The number of rotatable bonds is 8. The third-order valence-electron chi connectivity index (χ3n) is 5.16. The molecule has 2 aromatic carbocycles. The standard InChI is InChI=1S/C21H26N2O2/c1-2-25-19-11-6-10-18(16-19)23(17-8-4-3-5-9-17)15-14-21(20(22)24)12-7-13-21/h3-6,8-11,16H,2,7,12-15H2,1H3,(H2,22,24). The molecule has 1 amide bonds. The summed E-state index contributed by atoms with van der Waals surface area (Å²) in [4.78, 5) is 14.2. The second kappa shape index (κ2) is 7.60. The molecule has 3 rings (SSSR count). The van der Waals surface area contributed by atoms with E-state index in [-0.39, 0.29) is 11.3 Å². The SMILES string of the molecule is CCOc1cccc(N(CCC2(C(N)=O)CCC2)c2ccccc2)c1. The fourth-order valence-corrected chi connectivity index (χ4v) is 3.47. The zero-order valence-electron chi connectivity index (χ0n) is 14.8. The van der Waals surface area contributed by atoms with E-state index in [0.29, 0.717) is 6.61 Å². The smallest absolute Gasteiger partial charge is 0.223 e. The highest BCUT2D eigenvalue weighted by atomic mass is 16.5. The van der Waals surface area contributed by atoms with Crippen LogP contribution >= 0.6 is 0 Å². The lowest BCUT2D eigenvalue weighted by atomic mass is 9.66. The fourth-order valence-electron chi connectivity index (χ4n) is 3.47. The number of benzene rings is 2. The quantitative estimate of drug-likeness (QED) is 0.782. The third-order valence-corrected chi connectivity index (χ3v) is 5.16. The maximum atomic E-state index is 11.9. The Balaban J connectivity index is 1.86. The molecule has 25 heavy (non-hydrogen) atoms. The van der Waals surface area contributed by atoms with E-state index in [1.807, 2.05) is 43.3 Å². The number of hydrogen-bond donors (Lipinski definition) is 1. The number of primary amides is 1. The van der Waals surface area contributed by atoms with Gasteiger partial charge in [0, 0.05) is 24.0 Å². The summed E-state index contributed by atoms with van der Waals surface area (Å²) in [7, 11) is 0. The first kappa shape index (κ1) is 17.3. The Morgan fingerprint density at radius 2 is 1.84 bits per heavy atom. The van der Waals surface area contributed by atoms with Crippen LogP contribution in [0.2, 0.25) is 0 Å². The predicted molar refractivity (Wildman–Crippen MR) is 101 cm³/mol. The van der Waals surface area contributed by atoms with Gasteiger partial charge in [-0.1, -0.05) is 30.7 Å². The van der Waals surface area contributed by atoms with Crippen LogP contribution in [0, 0.1) is 5.41 Å². The van der Waals surface area contributed by atoms with E-state index in [1.54, 1.807) is 0 Å². The Morgan fingerprint density at radius 1 is 1.12 bits per heavy atom. The molecular weight excluding hydrogens is 312 g/mol. The summed E-state index contributed by atoms with van der Waals surface area (Å²) in [5.41, 5.74) is 7.53. The van der Waals surface area contributed by atoms with Crippen LogP contribution in [0.4, 0.5) is 11.4 Å². The molecule has 2 N–H and O–H groups in total. The lowest BCUT2D eigenvalue weighted by Crippen LogP contribution is -2.44. The fraction of sp³-hybridized carbons (Fsp3) is 0.381. The summed E-state index contributed by atoms with van der Waals surface area (Å²) >= 11 is 0. The van der Waals surface area contributed by atoms with Crippen LogP contribution in [0.3, 0.4) is 0 Å². The van der Waals surface area contributed by atoms with E-state index in [1.165, 1.54) is 0 Å². The zero-order valence-corrected chi connectivity index (χ0v) is 14.8. The van der Waals surface area contributed by atoms with Crippen molar-refractivity contribution in [2.24, 2.45) is 11.1 Å². The van der Waals surface area contributed by atoms with Gasteiger partial charge < -0.3 is 15.4 Å². The molecular formula is C21H26N2O2. The molecule has 0 heterocycles. The zero-order chi connectivity index (χ0) is 17.7. The topological polar surface area (TPSA) is 55.6 Å². The van der Waals surface area contributed by atoms with Gasteiger partial charge in [-0.3, -0.25) is 4.79 Å². The highest BCUT2D eigenvalue weighted by Crippen LogP contribution is 2.44. The van der Waals surface area contributed by atoms with Crippen molar-refractivity contribution in [2.75, 3.05) is 18.1 Å². The van der Waals surface area contributed by atoms with Gasteiger partial charge >= 0.3 is 0 Å². The van der Waals surface area contributed by atoms with Crippen molar-refractivity contribution in [1.29, 1.82) is 0 Å². The van der Waals surface area contributed by atoms with E-state index < -0.39 is 0 Å². The van der Waals surface area contributed by atoms with Crippen LogP contribution in [0.15, 0.2) is 54.6 Å². The van der Waals surface area contributed by atoms with Crippen molar-refractivity contribution >= 4 is 17.3 Å². The first-order valence-corrected chi connectivity index (χ1v) is 9.00. The molecule has 0 spiro atoms. The van der Waals surface area contributed by atoms with Crippen LogP contribution < -0.4 is 15.4 Å². The molecule has 1 saturated carbocycles. The minimum atomic E-state index is -0.329. The molecule has 2 aromatic rings. The first-order valence-electron chi connectivity index (χ1n) is 9.00. The number of amides is 1. The van der Waals surface area contributed by atoms with Crippen molar-refractivity contribution in [1.82, 2.24) is 0 Å². The molecule has 0 unspecified atom stereocenters. The summed E-state index contributed by atoms with van der Waals surface area (Å²) in [6.45, 7) is 3.37. The van der Waals surface area contributed by atoms with E-state index in [4.69, 9.17) is 10.5 Å². The summed E-state index contributed by atoms with van der Waals surface area (Å²) in [5, 5.41) is 0. The summed E-state index contributed by atoms with van der Waals surface area (Å²) in [5.74, 6) is 0.698. The van der Waals surface area contributed by atoms with E-state index in [2.05, 4.69) is 23.1 Å². The maximum Gasteiger partial charge on any atom is 0.223 e. The Morgan fingerprint density at radius 3 is 2.44 bits per heavy atom. The number of hydrogen-bond acceptors (Lipinski definition) is 3. The molecule has 1 aliphatic rings. The average molecular weight is 338 g/mol. The van der Waals surface area contributed by atoms with Crippen molar-refractivity contribution < 1.29 is 9.53 Å². The minimum Gasteiger partial charge on any atom is -0.494 e. The molecule has 0 bridgehead atoms. The summed E-state index contributed by atoms with van der Waals surface area (Å²) in [6.07, 6.45) is 3.68. The normalized spacial score (nSPS) is 15.2. The van der Waals surface area contributed by atoms with Gasteiger partial charge in [0.1, 0.15) is 5.75 Å². The Kier molecular flexibility index (Phi) is 5.27. The molecule has 4 nitrogen and oxygen atoms in total. The highest BCUT2D eigenvalue weighted by Gasteiger charge is 2.42. The van der Waals surface area contributed by atoms with Crippen LogP contribution in [0.5, 0.6) is 5.75 Å². The Labute approximate surface area is 149 Å². The molecule has 1 fully saturated rings. The number of carbonyl (C=O) groups is 1. The number of ether oxygens (including phenoxy) is 1. The van der Waals surface area contributed by atoms with Gasteiger partial charge in [-0.25, -0.2) is 0 Å². The summed E-state index contributed by atoms with van der Waals surface area (Å²) < 4.78 is 5.65. The molecule has 132 valence electrons. The summed E-state index contributed by atoms with van der Waals surface area (Å²) in [6, 6.07) is 18.3. The van der Waals surface area contributed by atoms with Crippen molar-refractivity contribution in [3.8, 4) is 5.75 Å². The number of nitrogens with two attached hydrogens (primary N) is 1. The first-order chi connectivity index (χ1) is 12.1. The third kappa shape index (κ3) is 3.78. The lowest BCUT2D eigenvalue weighted by molar-refractivity contribution is -0.132. The van der Waals surface area contributed by atoms with Gasteiger partial charge in [-0.05, 0) is 50.5 Å². The van der Waals surface area contributed by atoms with Crippen LogP contribution in [-0.4, -0.2) is 19.1 Å². The van der Waals surface area contributed by atoms with Crippen molar-refractivity contribution in [2.45, 2.75) is 32.6 Å². The van der Waals surface area contributed by atoms with Crippen LogP contribution in [0.1, 0.15) is 32.6 Å². The Hall–Kier alpha value is -2.49. The minimum absolute atomic E-state index is 0.158. The predicted octanol–water partition coefficient (Wildman–Crippen LogP) is 4.27. The second-order valence-corrected chi connectivity index (χ2v) is 6.67. The lowest BCUT2D eigenvalue weighted by Gasteiger charge is -2.40. The van der Waals surface area contributed by atoms with Crippen molar-refractivity contribution in [3.63, 3.8) is 0 Å². The van der Waals surface area contributed by atoms with Gasteiger partial charge in [0.05, 0.1) is 12.0 Å². The van der Waals surface area contributed by atoms with Gasteiger partial charge in [-0.2, -0.15) is 0 Å². The number of carbonyl (C=O) groups excluding carboxylic acids is 1. The largest absolute Gasteiger partial charge is 0.494 e. The Bertz CT molecular complexity index is 711. The molecule has 0 aliphatic heterocycles. The van der Waals surface area contributed by atoms with Gasteiger partial charge in [0.15, 0.2) is 0 Å². The molecule has 0 saturated heterocycles. The molecule has 1 aliphatic carbocycles. The molecule has 0 atom stereocenters. The van der Waals surface area contributed by atoms with Crippen LogP contribution in [-0.2, 0) is 4.79 Å². The van der Waals surface area contributed by atoms with E-state index in [0.717, 1.165) is 49.4 Å². The molecule has 0 radical (unpaired) electrons. The van der Waals surface area contributed by atoms with E-state index in [9.17, 15) is 4.79 Å². The van der Waals surface area contributed by atoms with Gasteiger partial charge in [0.25, 0.3) is 0 Å². The number of nitrogens with zero attached hydrogens (tertiary/aromatic N) is 1. The van der Waals surface area contributed by atoms with E-state index >= 15 is 0 Å². The second-order valence-electron chi connectivity index (χ2n) is 6.67. The van der Waals surface area contributed by atoms with Crippen molar-refractivity contribution in [3.05, 3.63) is 54.6 Å². The highest BCUT2D eigenvalue weighted by molar-refractivity contribution is 5.82. The molecule has 0 aromatic heterocycles. The van der Waals surface area contributed by atoms with Crippen LogP contribution in [0.25, 0.3) is 0 Å². The number of para-hydroxylation sites is 1. The number of anilines is 2. The van der Waals surface area contributed by atoms with Gasteiger partial charge in [0.2, 0.25) is 5.91 Å².